The zero-order valence-electron chi connectivity index (χ0n) is 8.69. The third-order valence-electron chi connectivity index (χ3n) is 2.61. The van der Waals surface area contributed by atoms with Crippen LogP contribution >= 0.6 is 11.6 Å². The van der Waals surface area contributed by atoms with Gasteiger partial charge in [0, 0.05) is 31.2 Å². The summed E-state index contributed by atoms with van der Waals surface area (Å²) in [6, 6.07) is 1.75. The maximum atomic E-state index is 5.83. The predicted octanol–water partition coefficient (Wildman–Crippen LogP) is 1.55. The van der Waals surface area contributed by atoms with Gasteiger partial charge >= 0.3 is 0 Å². The van der Waals surface area contributed by atoms with Gasteiger partial charge in [-0.1, -0.05) is 0 Å². The molecule has 0 aliphatic carbocycles. The second kappa shape index (κ2) is 4.66. The average Bonchev–Trinajstić information content (AvgIpc) is 2.78. The molecule has 4 nitrogen and oxygen atoms in total. The molecule has 1 aromatic heterocycles. The minimum atomic E-state index is 0.557. The average molecular weight is 228 g/mol. The van der Waals surface area contributed by atoms with Crippen LogP contribution in [0.15, 0.2) is 12.3 Å². The van der Waals surface area contributed by atoms with Crippen molar-refractivity contribution in [3.63, 3.8) is 0 Å². The summed E-state index contributed by atoms with van der Waals surface area (Å²) >= 11 is 5.83. The molecule has 0 radical (unpaired) electrons. The van der Waals surface area contributed by atoms with E-state index in [0.29, 0.717) is 17.7 Å². The molecule has 82 valence electrons. The highest BCUT2D eigenvalue weighted by Crippen LogP contribution is 2.22. The van der Waals surface area contributed by atoms with Gasteiger partial charge in [0.1, 0.15) is 0 Å². The highest BCUT2D eigenvalue weighted by molar-refractivity contribution is 6.18. The molecule has 1 aromatic rings. The summed E-state index contributed by atoms with van der Waals surface area (Å²) in [5.41, 5.74) is 0. The Bertz CT molecular complexity index is 334. The zero-order chi connectivity index (χ0) is 10.7. The van der Waals surface area contributed by atoms with Crippen LogP contribution in [0.1, 0.15) is 6.42 Å². The van der Waals surface area contributed by atoms with E-state index in [1.165, 1.54) is 0 Å². The van der Waals surface area contributed by atoms with Crippen molar-refractivity contribution in [3.05, 3.63) is 12.3 Å². The summed E-state index contributed by atoms with van der Waals surface area (Å²) in [5.74, 6) is 2.61. The summed E-state index contributed by atoms with van der Waals surface area (Å²) in [4.78, 5) is 10.7. The van der Waals surface area contributed by atoms with Crippen molar-refractivity contribution in [1.82, 2.24) is 9.97 Å². The minimum absolute atomic E-state index is 0.557. The molecule has 0 N–H and O–H groups in total. The molecule has 1 fully saturated rings. The molecule has 5 heteroatoms. The molecule has 15 heavy (non-hydrogen) atoms. The number of rotatable bonds is 3. The number of hydrogen-bond donors (Lipinski definition) is 0. The summed E-state index contributed by atoms with van der Waals surface area (Å²) in [6.45, 7) is 1.92. The molecule has 1 aliphatic heterocycles. The van der Waals surface area contributed by atoms with Crippen molar-refractivity contribution in [3.8, 4) is 5.88 Å². The third kappa shape index (κ3) is 2.31. The first kappa shape index (κ1) is 10.5. The molecule has 1 unspecified atom stereocenters. The Labute approximate surface area is 94.2 Å². The molecule has 0 aromatic carbocycles. The van der Waals surface area contributed by atoms with Gasteiger partial charge in [0.05, 0.1) is 7.11 Å². The predicted molar refractivity (Wildman–Crippen MR) is 59.6 cm³/mol. The molecule has 1 aliphatic rings. The number of hydrogen-bond acceptors (Lipinski definition) is 4. The van der Waals surface area contributed by atoms with E-state index in [1.54, 1.807) is 19.4 Å². The molecule has 0 saturated carbocycles. The number of nitrogens with zero attached hydrogens (tertiary/aromatic N) is 3. The van der Waals surface area contributed by atoms with Gasteiger partial charge in [0.2, 0.25) is 11.8 Å². The fraction of sp³-hybridized carbons (Fsp3) is 0.600. The van der Waals surface area contributed by atoms with Gasteiger partial charge in [0.25, 0.3) is 0 Å². The molecule has 2 rings (SSSR count). The molecule has 1 atom stereocenters. The van der Waals surface area contributed by atoms with E-state index in [2.05, 4.69) is 14.9 Å². The van der Waals surface area contributed by atoms with Gasteiger partial charge in [-0.15, -0.1) is 11.6 Å². The third-order valence-corrected chi connectivity index (χ3v) is 3.05. The van der Waals surface area contributed by atoms with Crippen LogP contribution in [0.25, 0.3) is 0 Å². The highest BCUT2D eigenvalue weighted by atomic mass is 35.5. The van der Waals surface area contributed by atoms with Gasteiger partial charge in [-0.05, 0) is 12.3 Å². The summed E-state index contributed by atoms with van der Waals surface area (Å²) < 4.78 is 5.06. The Hall–Kier alpha value is -1.03. The number of methoxy groups -OCH3 is 1. The first-order chi connectivity index (χ1) is 7.33. The fourth-order valence-electron chi connectivity index (χ4n) is 1.74. The molecule has 0 bridgehead atoms. The molecule has 1 saturated heterocycles. The van der Waals surface area contributed by atoms with Crippen LogP contribution in [0, 0.1) is 5.92 Å². The quantitative estimate of drug-likeness (QED) is 0.735. The Morgan fingerprint density at radius 3 is 3.20 bits per heavy atom. The van der Waals surface area contributed by atoms with Gasteiger partial charge in [-0.2, -0.15) is 4.98 Å². The van der Waals surface area contributed by atoms with E-state index >= 15 is 0 Å². The van der Waals surface area contributed by atoms with E-state index in [1.807, 2.05) is 0 Å². The maximum Gasteiger partial charge on any atom is 0.228 e. The van der Waals surface area contributed by atoms with Gasteiger partial charge < -0.3 is 9.64 Å². The number of alkyl halides is 1. The lowest BCUT2D eigenvalue weighted by atomic mass is 10.2. The molecular formula is C10H14ClN3O. The SMILES string of the molecule is COc1ccnc(N2CCC(CCl)C2)n1. The number of halogens is 1. The molecule has 2 heterocycles. The Balaban J connectivity index is 2.09. The van der Waals surface area contributed by atoms with Crippen molar-refractivity contribution < 1.29 is 4.74 Å². The Morgan fingerprint density at radius 2 is 2.53 bits per heavy atom. The number of aromatic nitrogens is 2. The number of anilines is 1. The van der Waals surface area contributed by atoms with Crippen LogP contribution < -0.4 is 9.64 Å². The van der Waals surface area contributed by atoms with Crippen LogP contribution in [-0.2, 0) is 0 Å². The molecular weight excluding hydrogens is 214 g/mol. The van der Waals surface area contributed by atoms with Crippen molar-refractivity contribution in [2.24, 2.45) is 5.92 Å². The summed E-state index contributed by atoms with van der Waals surface area (Å²) in [5, 5.41) is 0. The van der Waals surface area contributed by atoms with Crippen molar-refractivity contribution >= 4 is 17.5 Å². The van der Waals surface area contributed by atoms with E-state index in [-0.39, 0.29) is 0 Å². The van der Waals surface area contributed by atoms with Crippen LogP contribution in [0.3, 0.4) is 0 Å². The largest absolute Gasteiger partial charge is 0.481 e. The van der Waals surface area contributed by atoms with Crippen molar-refractivity contribution in [2.45, 2.75) is 6.42 Å². The van der Waals surface area contributed by atoms with Crippen LogP contribution in [-0.4, -0.2) is 36.0 Å². The van der Waals surface area contributed by atoms with Gasteiger partial charge in [-0.3, -0.25) is 0 Å². The molecule has 0 spiro atoms. The first-order valence-electron chi connectivity index (χ1n) is 5.01. The second-order valence-electron chi connectivity index (χ2n) is 3.65. The zero-order valence-corrected chi connectivity index (χ0v) is 9.44. The second-order valence-corrected chi connectivity index (χ2v) is 3.96. The fourth-order valence-corrected chi connectivity index (χ4v) is 1.99. The minimum Gasteiger partial charge on any atom is -0.481 e. The van der Waals surface area contributed by atoms with E-state index in [9.17, 15) is 0 Å². The van der Waals surface area contributed by atoms with Gasteiger partial charge in [-0.25, -0.2) is 4.98 Å². The molecule has 0 amide bonds. The van der Waals surface area contributed by atoms with Crippen molar-refractivity contribution in [2.75, 3.05) is 31.0 Å². The van der Waals surface area contributed by atoms with Gasteiger partial charge in [0.15, 0.2) is 0 Å². The van der Waals surface area contributed by atoms with Crippen molar-refractivity contribution in [1.29, 1.82) is 0 Å². The topological polar surface area (TPSA) is 38.2 Å². The van der Waals surface area contributed by atoms with Crippen LogP contribution in [0.4, 0.5) is 5.95 Å². The lowest BCUT2D eigenvalue weighted by Gasteiger charge is -2.15. The summed E-state index contributed by atoms with van der Waals surface area (Å²) in [7, 11) is 1.61. The number of ether oxygens (including phenoxy) is 1. The first-order valence-corrected chi connectivity index (χ1v) is 5.55. The van der Waals surface area contributed by atoms with E-state index < -0.39 is 0 Å². The highest BCUT2D eigenvalue weighted by Gasteiger charge is 2.23. The smallest absolute Gasteiger partial charge is 0.228 e. The van der Waals surface area contributed by atoms with Crippen LogP contribution in [0.5, 0.6) is 5.88 Å². The lowest BCUT2D eigenvalue weighted by Crippen LogP contribution is -2.22. The van der Waals surface area contributed by atoms with Crippen LogP contribution in [0.2, 0.25) is 0 Å². The van der Waals surface area contributed by atoms with E-state index in [0.717, 1.165) is 25.5 Å². The monoisotopic (exact) mass is 227 g/mol. The Morgan fingerprint density at radius 1 is 1.67 bits per heavy atom. The maximum absolute atomic E-state index is 5.83. The standard InChI is InChI=1S/C10H14ClN3O/c1-15-9-2-4-12-10(13-9)14-5-3-8(6-11)7-14/h2,4,8H,3,5-7H2,1H3. The summed E-state index contributed by atoms with van der Waals surface area (Å²) in [6.07, 6.45) is 2.83. The normalized spacial score (nSPS) is 20.7. The lowest BCUT2D eigenvalue weighted by molar-refractivity contribution is 0.397. The Kier molecular flexibility index (Phi) is 3.26. The van der Waals surface area contributed by atoms with E-state index in [4.69, 9.17) is 16.3 Å².